The molecule has 1 aromatic heterocycles. The molecule has 1 fully saturated rings. The Balaban J connectivity index is 1.47. The van der Waals surface area contributed by atoms with Gasteiger partial charge in [0.2, 0.25) is 17.6 Å². The number of benzene rings is 2. The second-order valence-electron chi connectivity index (χ2n) is 8.56. The van der Waals surface area contributed by atoms with E-state index in [0.717, 1.165) is 18.4 Å². The highest BCUT2D eigenvalue weighted by Crippen LogP contribution is 2.32. The van der Waals surface area contributed by atoms with Gasteiger partial charge < -0.3 is 24.2 Å². The molecule has 0 spiro atoms. The lowest BCUT2D eigenvalue weighted by Gasteiger charge is -2.31. The van der Waals surface area contributed by atoms with Crippen molar-refractivity contribution in [1.82, 2.24) is 15.0 Å². The molecule has 1 atom stereocenters. The Bertz CT molecular complexity index is 1210. The van der Waals surface area contributed by atoms with E-state index in [1.807, 2.05) is 43.0 Å². The fourth-order valence-electron chi connectivity index (χ4n) is 4.23. The van der Waals surface area contributed by atoms with Gasteiger partial charge in [0.15, 0.2) is 11.5 Å². The van der Waals surface area contributed by atoms with Crippen LogP contribution in [0.25, 0.3) is 11.4 Å². The summed E-state index contributed by atoms with van der Waals surface area (Å²) in [5, 5.41) is 7.00. The van der Waals surface area contributed by atoms with Crippen molar-refractivity contribution in [2.24, 2.45) is 0 Å². The third-order valence-corrected chi connectivity index (χ3v) is 6.02. The molecule has 9 heteroatoms. The molecule has 0 radical (unpaired) electrons. The molecule has 1 saturated heterocycles. The zero-order chi connectivity index (χ0) is 25.5. The van der Waals surface area contributed by atoms with Gasteiger partial charge in [-0.3, -0.25) is 9.59 Å². The number of likely N-dealkylation sites (tertiary alicyclic amines) is 1. The number of carbonyl (C=O) groups is 2. The molecule has 3 aromatic rings. The van der Waals surface area contributed by atoms with Crippen LogP contribution in [0.3, 0.4) is 0 Å². The molecular formula is C27H32N4O5. The van der Waals surface area contributed by atoms with Gasteiger partial charge in [0.1, 0.15) is 0 Å². The topological polar surface area (TPSA) is 107 Å². The van der Waals surface area contributed by atoms with Crippen molar-refractivity contribution in [1.29, 1.82) is 0 Å². The summed E-state index contributed by atoms with van der Waals surface area (Å²) in [5.41, 5.74) is 1.99. The van der Waals surface area contributed by atoms with Crippen LogP contribution in [0, 0.1) is 0 Å². The quantitative estimate of drug-likeness (QED) is 0.453. The third kappa shape index (κ3) is 5.84. The van der Waals surface area contributed by atoms with E-state index in [0.29, 0.717) is 67.2 Å². The minimum absolute atomic E-state index is 0.0546. The summed E-state index contributed by atoms with van der Waals surface area (Å²) in [6.07, 6.45) is 2.09. The SMILES string of the molecule is CCOc1ccc(C(=O)N2CCC[C@H](c3nc(-c4cccc(NC(=O)CC)c4)no3)C2)cc1OCC. The van der Waals surface area contributed by atoms with Crippen LogP contribution in [0.1, 0.15) is 62.2 Å². The number of ether oxygens (including phenoxy) is 2. The van der Waals surface area contributed by atoms with E-state index < -0.39 is 0 Å². The molecule has 1 aliphatic heterocycles. The van der Waals surface area contributed by atoms with Crippen LogP contribution < -0.4 is 14.8 Å². The Morgan fingerprint density at radius 3 is 2.67 bits per heavy atom. The Labute approximate surface area is 210 Å². The maximum Gasteiger partial charge on any atom is 0.254 e. The van der Waals surface area contributed by atoms with Crippen LogP contribution in [0.15, 0.2) is 47.0 Å². The van der Waals surface area contributed by atoms with Gasteiger partial charge >= 0.3 is 0 Å². The molecule has 36 heavy (non-hydrogen) atoms. The smallest absolute Gasteiger partial charge is 0.254 e. The van der Waals surface area contributed by atoms with Gasteiger partial charge in [-0.25, -0.2) is 0 Å². The summed E-state index contributed by atoms with van der Waals surface area (Å²) in [6.45, 7) is 7.76. The molecule has 0 bridgehead atoms. The second kappa shape index (κ2) is 11.7. The van der Waals surface area contributed by atoms with E-state index in [1.54, 1.807) is 25.1 Å². The van der Waals surface area contributed by atoms with Gasteiger partial charge in [-0.2, -0.15) is 4.98 Å². The van der Waals surface area contributed by atoms with Crippen LogP contribution in [0.4, 0.5) is 5.69 Å². The third-order valence-electron chi connectivity index (χ3n) is 6.02. The monoisotopic (exact) mass is 492 g/mol. The molecule has 9 nitrogen and oxygen atoms in total. The molecule has 2 aromatic carbocycles. The highest BCUT2D eigenvalue weighted by atomic mass is 16.5. The maximum absolute atomic E-state index is 13.3. The van der Waals surface area contributed by atoms with Gasteiger partial charge in [0.25, 0.3) is 5.91 Å². The van der Waals surface area contributed by atoms with Crippen molar-refractivity contribution in [3.05, 3.63) is 53.9 Å². The fourth-order valence-corrected chi connectivity index (χ4v) is 4.23. The lowest BCUT2D eigenvalue weighted by atomic mass is 9.97. The van der Waals surface area contributed by atoms with E-state index >= 15 is 0 Å². The Kier molecular flexibility index (Phi) is 8.20. The molecule has 2 amide bonds. The fraction of sp³-hybridized carbons (Fsp3) is 0.407. The van der Waals surface area contributed by atoms with Gasteiger partial charge in [-0.05, 0) is 57.0 Å². The number of nitrogens with zero attached hydrogens (tertiary/aromatic N) is 3. The van der Waals surface area contributed by atoms with E-state index in [2.05, 4.69) is 15.5 Å². The Morgan fingerprint density at radius 2 is 1.89 bits per heavy atom. The zero-order valence-corrected chi connectivity index (χ0v) is 21.0. The first-order valence-electron chi connectivity index (χ1n) is 12.4. The molecule has 0 aliphatic carbocycles. The molecule has 4 rings (SSSR count). The summed E-state index contributed by atoms with van der Waals surface area (Å²) in [7, 11) is 0. The van der Waals surface area contributed by atoms with E-state index in [-0.39, 0.29) is 17.7 Å². The van der Waals surface area contributed by atoms with Gasteiger partial charge in [0, 0.05) is 36.3 Å². The predicted octanol–water partition coefficient (Wildman–Crippen LogP) is 4.90. The van der Waals surface area contributed by atoms with Crippen molar-refractivity contribution in [2.75, 3.05) is 31.6 Å². The normalized spacial score (nSPS) is 15.4. The molecule has 0 saturated carbocycles. The van der Waals surface area contributed by atoms with Crippen LogP contribution in [-0.4, -0.2) is 53.2 Å². The van der Waals surface area contributed by atoms with Crippen molar-refractivity contribution in [3.63, 3.8) is 0 Å². The Hall–Kier alpha value is -3.88. The number of piperidine rings is 1. The largest absolute Gasteiger partial charge is 0.490 e. The predicted molar refractivity (Wildman–Crippen MR) is 135 cm³/mol. The first-order chi connectivity index (χ1) is 17.5. The average Bonchev–Trinajstić information content (AvgIpc) is 3.40. The number of hydrogen-bond donors (Lipinski definition) is 1. The number of amides is 2. The lowest BCUT2D eigenvalue weighted by molar-refractivity contribution is -0.115. The van der Waals surface area contributed by atoms with Crippen molar-refractivity contribution >= 4 is 17.5 Å². The maximum atomic E-state index is 13.3. The summed E-state index contributed by atoms with van der Waals surface area (Å²) in [6, 6.07) is 12.6. The number of hydrogen-bond acceptors (Lipinski definition) is 7. The second-order valence-corrected chi connectivity index (χ2v) is 8.56. The average molecular weight is 493 g/mol. The molecule has 1 N–H and O–H groups in total. The highest BCUT2D eigenvalue weighted by molar-refractivity contribution is 5.95. The first kappa shape index (κ1) is 25.2. The highest BCUT2D eigenvalue weighted by Gasteiger charge is 2.29. The molecule has 0 unspecified atom stereocenters. The van der Waals surface area contributed by atoms with E-state index in [1.165, 1.54) is 0 Å². The summed E-state index contributed by atoms with van der Waals surface area (Å²) in [4.78, 5) is 31.5. The minimum Gasteiger partial charge on any atom is -0.490 e. The molecule has 1 aliphatic rings. The van der Waals surface area contributed by atoms with Crippen LogP contribution in [0.5, 0.6) is 11.5 Å². The molecule has 190 valence electrons. The number of rotatable bonds is 9. The Morgan fingerprint density at radius 1 is 1.08 bits per heavy atom. The zero-order valence-electron chi connectivity index (χ0n) is 21.0. The summed E-state index contributed by atoms with van der Waals surface area (Å²) < 4.78 is 16.9. The van der Waals surface area contributed by atoms with Crippen LogP contribution >= 0.6 is 0 Å². The number of carbonyl (C=O) groups excluding carboxylic acids is 2. The lowest BCUT2D eigenvalue weighted by Crippen LogP contribution is -2.39. The molecular weight excluding hydrogens is 460 g/mol. The number of nitrogens with one attached hydrogen (secondary N) is 1. The van der Waals surface area contributed by atoms with Gasteiger partial charge in [-0.15, -0.1) is 0 Å². The standard InChI is InChI=1S/C27H32N4O5/c1-4-24(32)28-21-11-7-9-18(15-21)25-29-26(36-30-25)20-10-8-14-31(17-20)27(33)19-12-13-22(34-5-2)23(16-19)35-6-3/h7,9,11-13,15-16,20H,4-6,8,10,14,17H2,1-3H3,(H,28,32)/t20-/m0/s1. The van der Waals surface area contributed by atoms with E-state index in [4.69, 9.17) is 14.0 Å². The van der Waals surface area contributed by atoms with Crippen molar-refractivity contribution in [2.45, 2.75) is 46.0 Å². The summed E-state index contributed by atoms with van der Waals surface area (Å²) in [5.74, 6) is 1.97. The van der Waals surface area contributed by atoms with Crippen LogP contribution in [-0.2, 0) is 4.79 Å². The number of aromatic nitrogens is 2. The first-order valence-corrected chi connectivity index (χ1v) is 12.4. The molecule has 2 heterocycles. The van der Waals surface area contributed by atoms with Crippen molar-refractivity contribution in [3.8, 4) is 22.9 Å². The number of anilines is 1. The van der Waals surface area contributed by atoms with Gasteiger partial charge in [0.05, 0.1) is 19.1 Å². The summed E-state index contributed by atoms with van der Waals surface area (Å²) >= 11 is 0. The minimum atomic E-state index is -0.0668. The van der Waals surface area contributed by atoms with Crippen LogP contribution in [0.2, 0.25) is 0 Å². The van der Waals surface area contributed by atoms with Gasteiger partial charge in [-0.1, -0.05) is 24.2 Å². The van der Waals surface area contributed by atoms with Crippen molar-refractivity contribution < 1.29 is 23.6 Å². The van der Waals surface area contributed by atoms with E-state index in [9.17, 15) is 9.59 Å².